The van der Waals surface area contributed by atoms with Gasteiger partial charge >= 0.3 is 0 Å². The fourth-order valence-corrected chi connectivity index (χ4v) is 3.32. The summed E-state index contributed by atoms with van der Waals surface area (Å²) in [7, 11) is 0. The quantitative estimate of drug-likeness (QED) is 0.652. The summed E-state index contributed by atoms with van der Waals surface area (Å²) in [6.07, 6.45) is 0. The molecule has 0 spiro atoms. The largest absolute Gasteiger partial charge is 0.368 e. The van der Waals surface area contributed by atoms with E-state index in [2.05, 4.69) is 0 Å². The van der Waals surface area contributed by atoms with Crippen LogP contribution in [-0.2, 0) is 4.79 Å². The van der Waals surface area contributed by atoms with Gasteiger partial charge in [-0.2, -0.15) is 0 Å². The van der Waals surface area contributed by atoms with Gasteiger partial charge < -0.3 is 10.6 Å². The highest BCUT2D eigenvalue weighted by molar-refractivity contribution is 5.81. The number of nitrogens with two attached hydrogens (primary N) is 1. The minimum absolute atomic E-state index is 0.257. The summed E-state index contributed by atoms with van der Waals surface area (Å²) in [5.74, 6) is -1.07. The van der Waals surface area contributed by atoms with E-state index in [1.165, 1.54) is 12.1 Å². The van der Waals surface area contributed by atoms with Crippen LogP contribution >= 0.6 is 0 Å². The fourth-order valence-electron chi connectivity index (χ4n) is 3.32. The number of benzene rings is 2. The first-order valence-corrected chi connectivity index (χ1v) is 8.24. The molecule has 8 heteroatoms. The summed E-state index contributed by atoms with van der Waals surface area (Å²) in [4.78, 5) is 26.4. The van der Waals surface area contributed by atoms with Gasteiger partial charge in [0.15, 0.2) is 0 Å². The third-order valence-corrected chi connectivity index (χ3v) is 4.54. The Balaban J connectivity index is 1.77. The number of hydrogen-bond acceptors (Lipinski definition) is 5. The second-order valence-electron chi connectivity index (χ2n) is 6.13. The number of rotatable bonds is 5. The zero-order valence-corrected chi connectivity index (χ0v) is 14.0. The Hall–Kier alpha value is -3.00. The molecule has 1 heterocycles. The smallest absolute Gasteiger partial charge is 0.295 e. The van der Waals surface area contributed by atoms with Crippen LogP contribution in [0.25, 0.3) is 0 Å². The summed E-state index contributed by atoms with van der Waals surface area (Å²) < 4.78 is 13.3. The van der Waals surface area contributed by atoms with Crippen molar-refractivity contribution in [2.45, 2.75) is 6.04 Å². The molecule has 1 aliphatic heterocycles. The molecule has 1 atom stereocenters. The van der Waals surface area contributed by atoms with E-state index < -0.39 is 22.7 Å². The molecule has 0 aromatic heterocycles. The highest BCUT2D eigenvalue weighted by atomic mass is 19.1. The summed E-state index contributed by atoms with van der Waals surface area (Å²) in [5.41, 5.74) is 6.55. The van der Waals surface area contributed by atoms with Crippen LogP contribution in [0.15, 0.2) is 48.5 Å². The molecule has 0 saturated carbocycles. The van der Waals surface area contributed by atoms with Crippen LogP contribution in [0.4, 0.5) is 15.8 Å². The molecule has 1 saturated heterocycles. The van der Waals surface area contributed by atoms with Crippen LogP contribution in [0.3, 0.4) is 0 Å². The number of hydrogen-bond donors (Lipinski definition) is 1. The Morgan fingerprint density at radius 3 is 2.35 bits per heavy atom. The maximum absolute atomic E-state index is 13.3. The molecule has 2 aromatic rings. The van der Waals surface area contributed by atoms with Gasteiger partial charge in [0.1, 0.15) is 17.5 Å². The Morgan fingerprint density at radius 2 is 1.77 bits per heavy atom. The molecule has 1 unspecified atom stereocenters. The van der Waals surface area contributed by atoms with Crippen LogP contribution < -0.4 is 10.6 Å². The SMILES string of the molecule is NC(=O)C(c1ccccc1)N1CCN(c2ccc(F)cc2[N+](=O)[O-])CC1. The number of nitro groups is 1. The molecular weight excluding hydrogens is 339 g/mol. The van der Waals surface area contributed by atoms with E-state index in [9.17, 15) is 19.3 Å². The number of primary amides is 1. The van der Waals surface area contributed by atoms with Crippen LogP contribution in [-0.4, -0.2) is 41.9 Å². The first-order chi connectivity index (χ1) is 12.5. The van der Waals surface area contributed by atoms with Crippen molar-refractivity contribution in [2.24, 2.45) is 5.73 Å². The van der Waals surface area contributed by atoms with Crippen molar-refractivity contribution in [1.29, 1.82) is 0 Å². The first kappa shape index (κ1) is 17.8. The number of amides is 1. The summed E-state index contributed by atoms with van der Waals surface area (Å²) in [5, 5.41) is 11.2. The lowest BCUT2D eigenvalue weighted by atomic mass is 10.0. The highest BCUT2D eigenvalue weighted by Crippen LogP contribution is 2.31. The predicted octanol–water partition coefficient (Wildman–Crippen LogP) is 2.08. The van der Waals surface area contributed by atoms with Crippen molar-refractivity contribution < 1.29 is 14.1 Å². The van der Waals surface area contributed by atoms with Crippen molar-refractivity contribution in [3.8, 4) is 0 Å². The van der Waals surface area contributed by atoms with Gasteiger partial charge in [0.05, 0.1) is 11.0 Å². The minimum Gasteiger partial charge on any atom is -0.368 e. The lowest BCUT2D eigenvalue weighted by Crippen LogP contribution is -2.50. The zero-order chi connectivity index (χ0) is 18.7. The molecule has 0 radical (unpaired) electrons. The van der Waals surface area contributed by atoms with Gasteiger partial charge in [0.2, 0.25) is 5.91 Å². The second kappa shape index (κ2) is 7.49. The summed E-state index contributed by atoms with van der Waals surface area (Å²) >= 11 is 0. The van der Waals surface area contributed by atoms with Crippen LogP contribution in [0.5, 0.6) is 0 Å². The zero-order valence-electron chi connectivity index (χ0n) is 14.0. The van der Waals surface area contributed by atoms with Gasteiger partial charge in [-0.1, -0.05) is 30.3 Å². The van der Waals surface area contributed by atoms with Crippen LogP contribution in [0, 0.1) is 15.9 Å². The molecule has 136 valence electrons. The van der Waals surface area contributed by atoms with E-state index >= 15 is 0 Å². The van der Waals surface area contributed by atoms with Crippen LogP contribution in [0.1, 0.15) is 11.6 Å². The number of piperazine rings is 1. The van der Waals surface area contributed by atoms with Crippen LogP contribution in [0.2, 0.25) is 0 Å². The van der Waals surface area contributed by atoms with Crippen molar-refractivity contribution in [3.63, 3.8) is 0 Å². The molecule has 1 amide bonds. The third kappa shape index (κ3) is 3.65. The molecule has 7 nitrogen and oxygen atoms in total. The number of carbonyl (C=O) groups excluding carboxylic acids is 1. The normalized spacial score (nSPS) is 16.3. The highest BCUT2D eigenvalue weighted by Gasteiger charge is 2.30. The standard InChI is InChI=1S/C18H19FN4O3/c19-14-6-7-15(16(12-14)23(25)26)21-8-10-22(11-9-21)17(18(20)24)13-4-2-1-3-5-13/h1-7,12,17H,8-11H2,(H2,20,24). The maximum Gasteiger partial charge on any atom is 0.295 e. The summed E-state index contributed by atoms with van der Waals surface area (Å²) in [6.45, 7) is 1.97. The monoisotopic (exact) mass is 358 g/mol. The number of anilines is 1. The fraction of sp³-hybridized carbons (Fsp3) is 0.278. The minimum atomic E-state index is -0.642. The van der Waals surface area contributed by atoms with Gasteiger partial charge in [0, 0.05) is 26.2 Å². The molecule has 3 rings (SSSR count). The molecule has 2 aromatic carbocycles. The molecular formula is C18H19FN4O3. The lowest BCUT2D eigenvalue weighted by molar-refractivity contribution is -0.384. The lowest BCUT2D eigenvalue weighted by Gasteiger charge is -2.39. The maximum atomic E-state index is 13.3. The Morgan fingerprint density at radius 1 is 1.12 bits per heavy atom. The molecule has 0 bridgehead atoms. The average Bonchev–Trinajstić information content (AvgIpc) is 2.63. The topological polar surface area (TPSA) is 92.7 Å². The molecule has 1 fully saturated rings. The average molecular weight is 358 g/mol. The van der Waals surface area contributed by atoms with Gasteiger partial charge in [-0.25, -0.2) is 4.39 Å². The Labute approximate surface area is 150 Å². The van der Waals surface area contributed by atoms with E-state index in [1.807, 2.05) is 40.1 Å². The molecule has 1 aliphatic rings. The Kier molecular flexibility index (Phi) is 5.13. The molecule has 0 aliphatic carbocycles. The van der Waals surface area contributed by atoms with Crippen molar-refractivity contribution >= 4 is 17.3 Å². The number of carbonyl (C=O) groups is 1. The molecule has 2 N–H and O–H groups in total. The van der Waals surface area contributed by atoms with E-state index in [0.29, 0.717) is 31.9 Å². The number of nitrogens with zero attached hydrogens (tertiary/aromatic N) is 3. The third-order valence-electron chi connectivity index (χ3n) is 4.54. The van der Waals surface area contributed by atoms with E-state index in [4.69, 9.17) is 5.73 Å². The first-order valence-electron chi connectivity index (χ1n) is 8.24. The van der Waals surface area contributed by atoms with E-state index in [-0.39, 0.29) is 5.69 Å². The van der Waals surface area contributed by atoms with Gasteiger partial charge in [0.25, 0.3) is 5.69 Å². The molecule has 26 heavy (non-hydrogen) atoms. The predicted molar refractivity (Wildman–Crippen MR) is 95.2 cm³/mol. The number of nitro benzene ring substituents is 1. The van der Waals surface area contributed by atoms with Gasteiger partial charge in [-0.15, -0.1) is 0 Å². The van der Waals surface area contributed by atoms with E-state index in [0.717, 1.165) is 11.6 Å². The van der Waals surface area contributed by atoms with E-state index in [1.54, 1.807) is 0 Å². The van der Waals surface area contributed by atoms with Crippen molar-refractivity contribution in [1.82, 2.24) is 4.90 Å². The number of halogens is 1. The van der Waals surface area contributed by atoms with Crippen molar-refractivity contribution in [3.05, 3.63) is 70.0 Å². The second-order valence-corrected chi connectivity index (χ2v) is 6.13. The van der Waals surface area contributed by atoms with Gasteiger partial charge in [-0.05, 0) is 17.7 Å². The van der Waals surface area contributed by atoms with Gasteiger partial charge in [-0.3, -0.25) is 19.8 Å². The summed E-state index contributed by atoms with van der Waals surface area (Å²) in [6, 6.07) is 12.3. The Bertz CT molecular complexity index is 807. The van der Waals surface area contributed by atoms with Crippen molar-refractivity contribution in [2.75, 3.05) is 31.1 Å².